The van der Waals surface area contributed by atoms with E-state index in [2.05, 4.69) is 0 Å². The molecule has 1 aromatic rings. The molecule has 1 N–H and O–H groups in total. The number of benzene rings is 1. The monoisotopic (exact) mass is 337 g/mol. The van der Waals surface area contributed by atoms with Crippen LogP contribution in [0.5, 0.6) is 0 Å². The SMILES string of the molecule is O=C(O)[C@@H]1CCCCN1S(=O)(=O)c1cccc(Cl)c1Cl. The van der Waals surface area contributed by atoms with E-state index in [4.69, 9.17) is 23.2 Å². The van der Waals surface area contributed by atoms with E-state index >= 15 is 0 Å². The first-order valence-electron chi connectivity index (χ1n) is 6.04. The van der Waals surface area contributed by atoms with Crippen molar-refractivity contribution in [1.82, 2.24) is 4.31 Å². The second-order valence-corrected chi connectivity index (χ2v) is 7.16. The van der Waals surface area contributed by atoms with Crippen LogP contribution in [0, 0.1) is 0 Å². The highest BCUT2D eigenvalue weighted by Gasteiger charge is 2.38. The third-order valence-electron chi connectivity index (χ3n) is 3.24. The lowest BCUT2D eigenvalue weighted by Gasteiger charge is -2.32. The summed E-state index contributed by atoms with van der Waals surface area (Å²) in [5.41, 5.74) is 0. The zero-order valence-electron chi connectivity index (χ0n) is 10.4. The van der Waals surface area contributed by atoms with Gasteiger partial charge in [0.05, 0.1) is 10.0 Å². The van der Waals surface area contributed by atoms with E-state index in [1.54, 1.807) is 0 Å². The van der Waals surface area contributed by atoms with Gasteiger partial charge >= 0.3 is 5.97 Å². The van der Waals surface area contributed by atoms with Gasteiger partial charge in [-0.05, 0) is 31.4 Å². The number of hydrogen-bond donors (Lipinski definition) is 1. The van der Waals surface area contributed by atoms with E-state index in [0.29, 0.717) is 19.3 Å². The number of hydrogen-bond acceptors (Lipinski definition) is 3. The Morgan fingerprint density at radius 1 is 1.30 bits per heavy atom. The average Bonchev–Trinajstić information content (AvgIpc) is 2.41. The molecule has 110 valence electrons. The van der Waals surface area contributed by atoms with E-state index in [9.17, 15) is 18.3 Å². The fourth-order valence-electron chi connectivity index (χ4n) is 2.25. The van der Waals surface area contributed by atoms with Crippen molar-refractivity contribution in [2.24, 2.45) is 0 Å². The molecule has 1 atom stereocenters. The molecule has 2 rings (SSSR count). The third kappa shape index (κ3) is 2.79. The lowest BCUT2D eigenvalue weighted by Crippen LogP contribution is -2.47. The Morgan fingerprint density at radius 2 is 2.00 bits per heavy atom. The van der Waals surface area contributed by atoms with Crippen molar-refractivity contribution in [3.8, 4) is 0 Å². The molecule has 1 fully saturated rings. The summed E-state index contributed by atoms with van der Waals surface area (Å²) in [7, 11) is -3.97. The predicted octanol–water partition coefficient (Wildman–Crippen LogP) is 2.62. The van der Waals surface area contributed by atoms with Crippen LogP contribution in [0.25, 0.3) is 0 Å². The second kappa shape index (κ2) is 5.89. The van der Waals surface area contributed by atoms with Gasteiger partial charge < -0.3 is 5.11 Å². The fraction of sp³-hybridized carbons (Fsp3) is 0.417. The third-order valence-corrected chi connectivity index (χ3v) is 6.12. The molecule has 0 saturated carbocycles. The molecule has 0 spiro atoms. The van der Waals surface area contributed by atoms with Crippen molar-refractivity contribution < 1.29 is 18.3 Å². The normalized spacial score (nSPS) is 20.8. The Labute approximate surface area is 127 Å². The van der Waals surface area contributed by atoms with Gasteiger partial charge in [-0.15, -0.1) is 0 Å². The van der Waals surface area contributed by atoms with Gasteiger partial charge in [0.15, 0.2) is 0 Å². The maximum atomic E-state index is 12.6. The number of sulfonamides is 1. The lowest BCUT2D eigenvalue weighted by atomic mass is 10.1. The van der Waals surface area contributed by atoms with Crippen LogP contribution < -0.4 is 0 Å². The van der Waals surface area contributed by atoms with Gasteiger partial charge in [0.25, 0.3) is 0 Å². The van der Waals surface area contributed by atoms with Crippen molar-refractivity contribution in [2.45, 2.75) is 30.2 Å². The first-order valence-corrected chi connectivity index (χ1v) is 8.24. The van der Waals surface area contributed by atoms with Crippen molar-refractivity contribution >= 4 is 39.2 Å². The highest BCUT2D eigenvalue weighted by Crippen LogP contribution is 2.33. The summed E-state index contributed by atoms with van der Waals surface area (Å²) in [6, 6.07) is 3.23. The molecule has 0 bridgehead atoms. The molecule has 1 aromatic carbocycles. The molecule has 0 amide bonds. The minimum absolute atomic E-state index is 0.0797. The van der Waals surface area contributed by atoms with Crippen molar-refractivity contribution in [3.05, 3.63) is 28.2 Å². The summed E-state index contributed by atoms with van der Waals surface area (Å²) in [4.78, 5) is 11.1. The smallest absolute Gasteiger partial charge is 0.322 e. The van der Waals surface area contributed by atoms with Crippen molar-refractivity contribution in [2.75, 3.05) is 6.54 Å². The Kier molecular flexibility index (Phi) is 4.59. The van der Waals surface area contributed by atoms with Crippen LogP contribution in [0.4, 0.5) is 0 Å². The molecular formula is C12H13Cl2NO4S. The number of nitrogens with zero attached hydrogens (tertiary/aromatic N) is 1. The maximum absolute atomic E-state index is 12.6. The molecule has 8 heteroatoms. The number of piperidine rings is 1. The summed E-state index contributed by atoms with van der Waals surface area (Å²) in [6.07, 6.45) is 1.61. The molecule has 0 unspecified atom stereocenters. The summed E-state index contributed by atoms with van der Waals surface area (Å²) in [6.45, 7) is 0.169. The number of halogens is 2. The predicted molar refractivity (Wildman–Crippen MR) is 75.6 cm³/mol. The molecule has 0 radical (unpaired) electrons. The van der Waals surface area contributed by atoms with Gasteiger partial charge in [-0.3, -0.25) is 4.79 Å². The van der Waals surface area contributed by atoms with Crippen molar-refractivity contribution in [1.29, 1.82) is 0 Å². The van der Waals surface area contributed by atoms with E-state index in [-0.39, 0.29) is 21.5 Å². The minimum Gasteiger partial charge on any atom is -0.480 e. The van der Waals surface area contributed by atoms with Gasteiger partial charge in [-0.1, -0.05) is 29.3 Å². The molecule has 5 nitrogen and oxygen atoms in total. The van der Waals surface area contributed by atoms with E-state index in [1.165, 1.54) is 18.2 Å². The fourth-order valence-corrected chi connectivity index (χ4v) is 4.64. The number of carboxylic acid groups (broad SMARTS) is 1. The van der Waals surface area contributed by atoms with E-state index in [0.717, 1.165) is 4.31 Å². The first kappa shape index (κ1) is 15.6. The van der Waals surface area contributed by atoms with Gasteiger partial charge in [-0.25, -0.2) is 8.42 Å². The molecule has 0 aliphatic carbocycles. The van der Waals surface area contributed by atoms with Crippen LogP contribution >= 0.6 is 23.2 Å². The van der Waals surface area contributed by atoms with Crippen LogP contribution in [0.2, 0.25) is 10.0 Å². The molecule has 1 heterocycles. The van der Waals surface area contributed by atoms with Gasteiger partial charge in [0, 0.05) is 6.54 Å². The molecule has 1 aliphatic heterocycles. The van der Waals surface area contributed by atoms with Crippen LogP contribution in [-0.2, 0) is 14.8 Å². The van der Waals surface area contributed by atoms with Crippen LogP contribution in [0.1, 0.15) is 19.3 Å². The molecule has 0 aromatic heterocycles. The number of carbonyl (C=O) groups is 1. The molecular weight excluding hydrogens is 325 g/mol. The first-order chi connectivity index (χ1) is 9.35. The van der Waals surface area contributed by atoms with E-state index < -0.39 is 22.0 Å². The number of rotatable bonds is 3. The highest BCUT2D eigenvalue weighted by atomic mass is 35.5. The highest BCUT2D eigenvalue weighted by molar-refractivity contribution is 7.89. The molecule has 1 aliphatic rings. The van der Waals surface area contributed by atoms with Gasteiger partial charge in [0.1, 0.15) is 10.9 Å². The van der Waals surface area contributed by atoms with E-state index in [1.807, 2.05) is 0 Å². The summed E-state index contributed by atoms with van der Waals surface area (Å²) in [5, 5.41) is 9.22. The summed E-state index contributed by atoms with van der Waals surface area (Å²) in [5.74, 6) is -1.15. The maximum Gasteiger partial charge on any atom is 0.322 e. The summed E-state index contributed by atoms with van der Waals surface area (Å²) >= 11 is 11.8. The van der Waals surface area contributed by atoms with Crippen molar-refractivity contribution in [3.63, 3.8) is 0 Å². The van der Waals surface area contributed by atoms with Crippen LogP contribution in [0.3, 0.4) is 0 Å². The molecule has 1 saturated heterocycles. The minimum atomic E-state index is -3.97. The quantitative estimate of drug-likeness (QED) is 0.919. The van der Waals surface area contributed by atoms with Gasteiger partial charge in [0.2, 0.25) is 10.0 Å². The van der Waals surface area contributed by atoms with Crippen LogP contribution in [0.15, 0.2) is 23.1 Å². The molecule has 20 heavy (non-hydrogen) atoms. The zero-order chi connectivity index (χ0) is 14.9. The Hall–Kier alpha value is -0.820. The Morgan fingerprint density at radius 3 is 2.65 bits per heavy atom. The Bertz CT molecular complexity index is 632. The van der Waals surface area contributed by atoms with Crippen LogP contribution in [-0.4, -0.2) is 36.4 Å². The summed E-state index contributed by atoms with van der Waals surface area (Å²) < 4.78 is 26.2. The topological polar surface area (TPSA) is 74.7 Å². The largest absolute Gasteiger partial charge is 0.480 e. The second-order valence-electron chi connectivity index (χ2n) is 4.52. The zero-order valence-corrected chi connectivity index (χ0v) is 12.7. The lowest BCUT2D eigenvalue weighted by molar-refractivity contribution is -0.142. The number of aliphatic carboxylic acids is 1. The van der Waals surface area contributed by atoms with Gasteiger partial charge in [-0.2, -0.15) is 4.31 Å². The number of carboxylic acids is 1. The average molecular weight is 338 g/mol. The Balaban J connectivity index is 2.48. The standard InChI is InChI=1S/C12H13Cl2NO4S/c13-8-4-3-6-10(11(8)14)20(18,19)15-7-2-1-5-9(15)12(16)17/h3-4,6,9H,1-2,5,7H2,(H,16,17)/t9-/m0/s1.